The summed E-state index contributed by atoms with van der Waals surface area (Å²) < 4.78 is 0. The minimum absolute atomic E-state index is 0.0908. The lowest BCUT2D eigenvalue weighted by Gasteiger charge is -2.07. The number of halogens is 1. The molecule has 0 rings (SSSR count). The minimum Gasteiger partial charge on any atom is -0.481 e. The van der Waals surface area contributed by atoms with E-state index in [2.05, 4.69) is 13.8 Å². The minimum atomic E-state index is -0.796. The fourth-order valence-corrected chi connectivity index (χ4v) is 1.85. The maximum Gasteiger partial charge on any atom is 0.304 e. The third-order valence-corrected chi connectivity index (χ3v) is 2.82. The van der Waals surface area contributed by atoms with E-state index >= 15 is 0 Å². The van der Waals surface area contributed by atoms with Crippen LogP contribution in [0.5, 0.6) is 0 Å². The van der Waals surface area contributed by atoms with Gasteiger partial charge in [0.1, 0.15) is 0 Å². The standard InChI is InChI=1S/C12H23ClO2/c1-10(2)7-5-3-4-6-8-11(13)9-12(14)15/h10-11H,3-9H2,1-2H3,(H,14,15). The second kappa shape index (κ2) is 9.02. The van der Waals surface area contributed by atoms with Crippen LogP contribution in [0, 0.1) is 5.92 Å². The first kappa shape index (κ1) is 14.8. The zero-order chi connectivity index (χ0) is 11.7. The molecule has 0 spiro atoms. The molecular weight excluding hydrogens is 212 g/mol. The number of aliphatic carboxylic acids is 1. The molecule has 0 aromatic carbocycles. The fourth-order valence-electron chi connectivity index (χ4n) is 1.56. The number of alkyl halides is 1. The Bertz CT molecular complexity index is 169. The SMILES string of the molecule is CC(C)CCCCCCC(Cl)CC(=O)O. The van der Waals surface area contributed by atoms with Crippen molar-refractivity contribution in [1.82, 2.24) is 0 Å². The molecule has 1 N–H and O–H groups in total. The van der Waals surface area contributed by atoms with Crippen LogP contribution in [0.25, 0.3) is 0 Å². The normalized spacial score (nSPS) is 13.1. The number of carbonyl (C=O) groups is 1. The number of unbranched alkanes of at least 4 members (excludes halogenated alkanes) is 3. The topological polar surface area (TPSA) is 37.3 Å². The van der Waals surface area contributed by atoms with E-state index in [4.69, 9.17) is 16.7 Å². The van der Waals surface area contributed by atoms with E-state index in [-0.39, 0.29) is 11.8 Å². The van der Waals surface area contributed by atoms with Gasteiger partial charge in [-0.1, -0.05) is 46.0 Å². The molecule has 0 aromatic rings. The highest BCUT2D eigenvalue weighted by molar-refractivity contribution is 6.21. The molecular formula is C12H23ClO2. The van der Waals surface area contributed by atoms with Gasteiger partial charge < -0.3 is 5.11 Å². The van der Waals surface area contributed by atoms with E-state index in [1.165, 1.54) is 25.7 Å². The van der Waals surface area contributed by atoms with Crippen LogP contribution in [-0.2, 0) is 4.79 Å². The molecule has 0 radical (unpaired) electrons. The highest BCUT2D eigenvalue weighted by atomic mass is 35.5. The van der Waals surface area contributed by atoms with Gasteiger partial charge in [0.05, 0.1) is 6.42 Å². The summed E-state index contributed by atoms with van der Waals surface area (Å²) in [5.41, 5.74) is 0. The Morgan fingerprint density at radius 3 is 2.13 bits per heavy atom. The first-order chi connectivity index (χ1) is 7.02. The number of carboxylic acid groups (broad SMARTS) is 1. The van der Waals surface area contributed by atoms with Crippen LogP contribution in [0.4, 0.5) is 0 Å². The van der Waals surface area contributed by atoms with Gasteiger partial charge in [0.2, 0.25) is 0 Å². The van der Waals surface area contributed by atoms with Crippen molar-refractivity contribution in [1.29, 1.82) is 0 Å². The molecule has 1 atom stereocenters. The van der Waals surface area contributed by atoms with E-state index in [9.17, 15) is 4.79 Å². The number of rotatable bonds is 9. The molecule has 0 aromatic heterocycles. The zero-order valence-electron chi connectivity index (χ0n) is 9.84. The number of hydrogen-bond acceptors (Lipinski definition) is 1. The predicted octanol–water partition coefficient (Wildman–Crippen LogP) is 4.07. The van der Waals surface area contributed by atoms with Gasteiger partial charge in [-0.2, -0.15) is 0 Å². The van der Waals surface area contributed by atoms with Crippen LogP contribution in [-0.4, -0.2) is 16.5 Å². The Kier molecular flexibility index (Phi) is 8.88. The second-order valence-corrected chi connectivity index (χ2v) is 5.20. The average Bonchev–Trinajstić information content (AvgIpc) is 2.09. The third-order valence-electron chi connectivity index (χ3n) is 2.44. The molecule has 15 heavy (non-hydrogen) atoms. The van der Waals surface area contributed by atoms with Crippen LogP contribution in [0.2, 0.25) is 0 Å². The molecule has 2 nitrogen and oxygen atoms in total. The van der Waals surface area contributed by atoms with Gasteiger partial charge >= 0.3 is 5.97 Å². The molecule has 90 valence electrons. The molecule has 0 saturated heterocycles. The van der Waals surface area contributed by atoms with Crippen molar-refractivity contribution in [3.05, 3.63) is 0 Å². The largest absolute Gasteiger partial charge is 0.481 e. The van der Waals surface area contributed by atoms with Crippen molar-refractivity contribution in [2.75, 3.05) is 0 Å². The van der Waals surface area contributed by atoms with E-state index in [1.807, 2.05) is 0 Å². The van der Waals surface area contributed by atoms with Crippen molar-refractivity contribution >= 4 is 17.6 Å². The molecule has 0 amide bonds. The first-order valence-corrected chi connectivity index (χ1v) is 6.32. The molecule has 3 heteroatoms. The summed E-state index contributed by atoms with van der Waals surface area (Å²) >= 11 is 5.86. The van der Waals surface area contributed by atoms with E-state index in [0.29, 0.717) is 0 Å². The smallest absolute Gasteiger partial charge is 0.304 e. The van der Waals surface area contributed by atoms with Crippen LogP contribution in [0.15, 0.2) is 0 Å². The van der Waals surface area contributed by atoms with E-state index in [1.54, 1.807) is 0 Å². The van der Waals surface area contributed by atoms with Crippen molar-refractivity contribution < 1.29 is 9.90 Å². The fraction of sp³-hybridized carbons (Fsp3) is 0.917. The second-order valence-electron chi connectivity index (χ2n) is 4.58. The van der Waals surface area contributed by atoms with Gasteiger partial charge in [0.25, 0.3) is 0 Å². The molecule has 0 bridgehead atoms. The quantitative estimate of drug-likeness (QED) is 0.483. The van der Waals surface area contributed by atoms with Crippen LogP contribution in [0.3, 0.4) is 0 Å². The van der Waals surface area contributed by atoms with E-state index < -0.39 is 5.97 Å². The molecule has 0 fully saturated rings. The van der Waals surface area contributed by atoms with Gasteiger partial charge in [-0.25, -0.2) is 0 Å². The Labute approximate surface area is 98.0 Å². The highest BCUT2D eigenvalue weighted by Gasteiger charge is 2.08. The third kappa shape index (κ3) is 11.7. The first-order valence-electron chi connectivity index (χ1n) is 5.88. The molecule has 0 aliphatic carbocycles. The van der Waals surface area contributed by atoms with Crippen LogP contribution >= 0.6 is 11.6 Å². The summed E-state index contributed by atoms with van der Waals surface area (Å²) in [7, 11) is 0. The Morgan fingerprint density at radius 2 is 1.67 bits per heavy atom. The molecule has 1 unspecified atom stereocenters. The summed E-state index contributed by atoms with van der Waals surface area (Å²) in [5, 5.41) is 8.31. The summed E-state index contributed by atoms with van der Waals surface area (Å²) in [6.07, 6.45) is 6.97. The number of carboxylic acids is 1. The maximum absolute atomic E-state index is 10.3. The highest BCUT2D eigenvalue weighted by Crippen LogP contribution is 2.15. The predicted molar refractivity (Wildman–Crippen MR) is 64.4 cm³/mol. The molecule has 0 aliphatic heterocycles. The molecule has 0 saturated carbocycles. The summed E-state index contributed by atoms with van der Waals surface area (Å²) in [4.78, 5) is 10.3. The van der Waals surface area contributed by atoms with Gasteiger partial charge in [-0.3, -0.25) is 4.79 Å². The molecule has 0 heterocycles. The van der Waals surface area contributed by atoms with Crippen molar-refractivity contribution in [2.24, 2.45) is 5.92 Å². The van der Waals surface area contributed by atoms with Gasteiger partial charge in [-0.15, -0.1) is 11.6 Å². The van der Waals surface area contributed by atoms with Crippen molar-refractivity contribution in [2.45, 2.75) is 64.2 Å². The van der Waals surface area contributed by atoms with Crippen LogP contribution in [0.1, 0.15) is 58.8 Å². The average molecular weight is 235 g/mol. The maximum atomic E-state index is 10.3. The lowest BCUT2D eigenvalue weighted by Crippen LogP contribution is -2.06. The summed E-state index contributed by atoms with van der Waals surface area (Å²) in [5.74, 6) is -0.00686. The van der Waals surface area contributed by atoms with Crippen LogP contribution < -0.4 is 0 Å². The Balaban J connectivity index is 3.20. The van der Waals surface area contributed by atoms with Gasteiger partial charge in [0, 0.05) is 5.38 Å². The monoisotopic (exact) mass is 234 g/mol. The van der Waals surface area contributed by atoms with E-state index in [0.717, 1.165) is 18.8 Å². The Hall–Kier alpha value is -0.240. The zero-order valence-corrected chi connectivity index (χ0v) is 10.6. The Morgan fingerprint density at radius 1 is 1.13 bits per heavy atom. The lowest BCUT2D eigenvalue weighted by atomic mass is 10.0. The van der Waals surface area contributed by atoms with Gasteiger partial charge in [-0.05, 0) is 12.3 Å². The molecule has 0 aliphatic rings. The summed E-state index contributed by atoms with van der Waals surface area (Å²) in [6, 6.07) is 0. The van der Waals surface area contributed by atoms with Crippen molar-refractivity contribution in [3.8, 4) is 0 Å². The summed E-state index contributed by atoms with van der Waals surface area (Å²) in [6.45, 7) is 4.48. The van der Waals surface area contributed by atoms with Gasteiger partial charge in [0.15, 0.2) is 0 Å². The number of hydrogen-bond donors (Lipinski definition) is 1. The lowest BCUT2D eigenvalue weighted by molar-refractivity contribution is -0.137. The van der Waals surface area contributed by atoms with Crippen molar-refractivity contribution in [3.63, 3.8) is 0 Å².